The smallest absolute Gasteiger partial charge is 0.340 e. The Hall–Kier alpha value is -2.70. The van der Waals surface area contributed by atoms with Crippen LogP contribution in [-0.4, -0.2) is 18.2 Å². The van der Waals surface area contributed by atoms with E-state index in [2.05, 4.69) is 35.8 Å². The molecule has 2 aromatic carbocycles. The normalized spacial score (nSPS) is 10.4. The van der Waals surface area contributed by atoms with Crippen molar-refractivity contribution in [2.45, 2.75) is 26.7 Å². The molecular weight excluding hydrogens is 400 g/mol. The predicted octanol–water partition coefficient (Wildman–Crippen LogP) is 5.81. The number of thiocarbonyl (C=S) groups is 1. The Labute approximate surface area is 180 Å². The molecule has 6 heteroatoms. The van der Waals surface area contributed by atoms with Crippen LogP contribution in [0.2, 0.25) is 0 Å². The van der Waals surface area contributed by atoms with Crippen LogP contribution in [0.4, 0.5) is 10.7 Å². The van der Waals surface area contributed by atoms with Crippen LogP contribution in [0.5, 0.6) is 0 Å². The minimum absolute atomic E-state index is 0.379. The van der Waals surface area contributed by atoms with Crippen molar-refractivity contribution in [1.29, 1.82) is 0 Å². The Morgan fingerprint density at radius 1 is 1.10 bits per heavy atom. The van der Waals surface area contributed by atoms with Gasteiger partial charge >= 0.3 is 5.97 Å². The van der Waals surface area contributed by atoms with Crippen LogP contribution in [0.15, 0.2) is 54.6 Å². The molecule has 0 aliphatic rings. The number of esters is 1. The Kier molecular flexibility index (Phi) is 7.01. The van der Waals surface area contributed by atoms with E-state index in [1.54, 1.807) is 0 Å². The van der Waals surface area contributed by atoms with Crippen molar-refractivity contribution in [2.75, 3.05) is 17.7 Å². The van der Waals surface area contributed by atoms with Gasteiger partial charge in [0.15, 0.2) is 5.11 Å². The van der Waals surface area contributed by atoms with E-state index in [-0.39, 0.29) is 5.97 Å². The molecule has 0 radical (unpaired) electrons. The van der Waals surface area contributed by atoms with Crippen LogP contribution in [0.3, 0.4) is 0 Å². The highest BCUT2D eigenvalue weighted by molar-refractivity contribution is 7.80. The number of thiophene rings is 1. The zero-order valence-electron chi connectivity index (χ0n) is 16.7. The molecule has 3 rings (SSSR count). The van der Waals surface area contributed by atoms with Crippen molar-refractivity contribution in [1.82, 2.24) is 0 Å². The maximum atomic E-state index is 12.3. The van der Waals surface area contributed by atoms with Crippen molar-refractivity contribution in [3.8, 4) is 0 Å². The lowest BCUT2D eigenvalue weighted by Crippen LogP contribution is -2.21. The van der Waals surface area contributed by atoms with E-state index in [0.29, 0.717) is 15.7 Å². The van der Waals surface area contributed by atoms with Crippen molar-refractivity contribution in [2.24, 2.45) is 0 Å². The van der Waals surface area contributed by atoms with Gasteiger partial charge in [-0.2, -0.15) is 0 Å². The summed E-state index contributed by atoms with van der Waals surface area (Å²) < 4.78 is 4.96. The van der Waals surface area contributed by atoms with Crippen LogP contribution in [-0.2, 0) is 17.6 Å². The highest BCUT2D eigenvalue weighted by Crippen LogP contribution is 2.31. The number of para-hydroxylation sites is 1. The van der Waals surface area contributed by atoms with Gasteiger partial charge in [-0.3, -0.25) is 0 Å². The number of rotatable bonds is 6. The van der Waals surface area contributed by atoms with Crippen molar-refractivity contribution in [3.63, 3.8) is 0 Å². The summed E-state index contributed by atoms with van der Waals surface area (Å²) in [5.74, 6) is -0.379. The number of ether oxygens (including phenoxy) is 1. The lowest BCUT2D eigenvalue weighted by atomic mass is 10.1. The lowest BCUT2D eigenvalue weighted by Gasteiger charge is -2.15. The molecule has 3 aromatic rings. The first-order chi connectivity index (χ1) is 14.0. The molecule has 0 spiro atoms. The summed E-state index contributed by atoms with van der Waals surface area (Å²) in [6, 6.07) is 18.2. The minimum Gasteiger partial charge on any atom is -0.465 e. The first-order valence-corrected chi connectivity index (χ1v) is 10.7. The van der Waals surface area contributed by atoms with Gasteiger partial charge in [0.25, 0.3) is 0 Å². The van der Waals surface area contributed by atoms with Gasteiger partial charge in [-0.1, -0.05) is 55.5 Å². The highest BCUT2D eigenvalue weighted by Gasteiger charge is 2.18. The number of carbonyl (C=O) groups is 1. The summed E-state index contributed by atoms with van der Waals surface area (Å²) in [5.41, 5.74) is 5.00. The largest absolute Gasteiger partial charge is 0.465 e. The first kappa shape index (κ1) is 21.0. The van der Waals surface area contributed by atoms with Crippen molar-refractivity contribution < 1.29 is 9.53 Å². The van der Waals surface area contributed by atoms with Gasteiger partial charge in [0.1, 0.15) is 5.00 Å². The van der Waals surface area contributed by atoms with Crippen LogP contribution >= 0.6 is 23.6 Å². The molecule has 0 bridgehead atoms. The number of methoxy groups -OCH3 is 1. The number of aryl methyl sites for hydroxylation is 2. The number of anilines is 2. The van der Waals surface area contributed by atoms with E-state index < -0.39 is 0 Å². The van der Waals surface area contributed by atoms with Gasteiger partial charge in [0.2, 0.25) is 0 Å². The summed E-state index contributed by atoms with van der Waals surface area (Å²) in [5, 5.41) is 7.63. The third-order valence-corrected chi connectivity index (χ3v) is 5.87. The van der Waals surface area contributed by atoms with E-state index in [9.17, 15) is 4.79 Å². The molecule has 2 N–H and O–H groups in total. The summed E-state index contributed by atoms with van der Waals surface area (Å²) in [4.78, 5) is 13.3. The Balaban J connectivity index is 1.82. The Morgan fingerprint density at radius 2 is 1.86 bits per heavy atom. The second-order valence-corrected chi connectivity index (χ2v) is 8.20. The molecule has 0 aliphatic carbocycles. The van der Waals surface area contributed by atoms with Gasteiger partial charge in [0.05, 0.1) is 12.7 Å². The molecule has 0 fully saturated rings. The average Bonchev–Trinajstić information content (AvgIpc) is 3.11. The molecule has 0 saturated heterocycles. The molecule has 0 saturated carbocycles. The zero-order valence-corrected chi connectivity index (χ0v) is 18.4. The zero-order chi connectivity index (χ0) is 20.8. The number of nitrogens with one attached hydrogen (secondary N) is 2. The second-order valence-electron chi connectivity index (χ2n) is 6.65. The average molecular weight is 425 g/mol. The van der Waals surface area contributed by atoms with E-state index in [4.69, 9.17) is 17.0 Å². The van der Waals surface area contributed by atoms with E-state index in [1.165, 1.54) is 29.6 Å². The molecule has 29 heavy (non-hydrogen) atoms. The number of hydrogen-bond donors (Lipinski definition) is 2. The predicted molar refractivity (Wildman–Crippen MR) is 125 cm³/mol. The molecular formula is C23H24N2O2S2. The second kappa shape index (κ2) is 9.67. The van der Waals surface area contributed by atoms with E-state index in [0.717, 1.165) is 29.0 Å². The summed E-state index contributed by atoms with van der Waals surface area (Å²) in [7, 11) is 1.39. The highest BCUT2D eigenvalue weighted by atomic mass is 32.1. The fourth-order valence-electron chi connectivity index (χ4n) is 3.13. The van der Waals surface area contributed by atoms with Gasteiger partial charge in [-0.15, -0.1) is 11.3 Å². The molecule has 0 aliphatic heterocycles. The van der Waals surface area contributed by atoms with Crippen LogP contribution in [0.25, 0.3) is 0 Å². The lowest BCUT2D eigenvalue weighted by molar-refractivity contribution is 0.0602. The number of benzene rings is 2. The molecule has 0 amide bonds. The molecule has 1 heterocycles. The number of hydrogen-bond acceptors (Lipinski definition) is 4. The molecule has 0 atom stereocenters. The van der Waals surface area contributed by atoms with Crippen LogP contribution in [0, 0.1) is 6.92 Å². The maximum Gasteiger partial charge on any atom is 0.340 e. The Morgan fingerprint density at radius 3 is 2.55 bits per heavy atom. The maximum absolute atomic E-state index is 12.3. The Bertz CT molecular complexity index is 1010. The molecule has 0 unspecified atom stereocenters. The number of carbonyl (C=O) groups excluding carboxylic acids is 1. The van der Waals surface area contributed by atoms with E-state index in [1.807, 2.05) is 43.3 Å². The van der Waals surface area contributed by atoms with Gasteiger partial charge < -0.3 is 15.4 Å². The molecule has 4 nitrogen and oxygen atoms in total. The van der Waals surface area contributed by atoms with Gasteiger partial charge in [-0.25, -0.2) is 4.79 Å². The fourth-order valence-corrected chi connectivity index (χ4v) is 4.48. The summed E-state index contributed by atoms with van der Waals surface area (Å²) in [6.07, 6.45) is 1.65. The fraction of sp³-hybridized carbons (Fsp3) is 0.217. The molecule has 1 aromatic heterocycles. The standard InChI is InChI=1S/C23H24N2O2S2/c1-4-17-12-8-9-15(2)20(17)24-23(28)25-21-19(22(26)27-3)14-18(29-21)13-16-10-6-5-7-11-16/h5-12,14H,4,13H2,1-3H3,(H2,24,25,28). The topological polar surface area (TPSA) is 50.4 Å². The first-order valence-electron chi connectivity index (χ1n) is 9.43. The van der Waals surface area contributed by atoms with Gasteiger partial charge in [-0.05, 0) is 48.3 Å². The summed E-state index contributed by atoms with van der Waals surface area (Å²) in [6.45, 7) is 4.16. The van der Waals surface area contributed by atoms with Crippen LogP contribution in [0.1, 0.15) is 38.8 Å². The molecule has 150 valence electrons. The van der Waals surface area contributed by atoms with E-state index >= 15 is 0 Å². The minimum atomic E-state index is -0.379. The monoisotopic (exact) mass is 424 g/mol. The van der Waals surface area contributed by atoms with Crippen molar-refractivity contribution >= 4 is 45.3 Å². The van der Waals surface area contributed by atoms with Gasteiger partial charge in [0, 0.05) is 17.0 Å². The third-order valence-electron chi connectivity index (χ3n) is 4.62. The summed E-state index contributed by atoms with van der Waals surface area (Å²) >= 11 is 7.05. The quantitative estimate of drug-likeness (QED) is 0.387. The van der Waals surface area contributed by atoms with Crippen molar-refractivity contribution in [3.05, 3.63) is 81.7 Å². The third kappa shape index (κ3) is 5.22. The van der Waals surface area contributed by atoms with Crippen LogP contribution < -0.4 is 10.6 Å². The SMILES string of the molecule is CCc1cccc(C)c1NC(=S)Nc1sc(Cc2ccccc2)cc1C(=O)OC.